The number of pyridine rings is 1. The molecule has 0 spiro atoms. The van der Waals surface area contributed by atoms with Gasteiger partial charge in [-0.1, -0.05) is 6.07 Å². The Morgan fingerprint density at radius 1 is 1.14 bits per heavy atom. The first-order valence-corrected chi connectivity index (χ1v) is 9.46. The average Bonchev–Trinajstić information content (AvgIpc) is 3.22. The highest BCUT2D eigenvalue weighted by Crippen LogP contribution is 2.34. The van der Waals surface area contributed by atoms with Crippen molar-refractivity contribution in [3.05, 3.63) is 72.3 Å². The van der Waals surface area contributed by atoms with Crippen LogP contribution >= 0.6 is 12.2 Å². The van der Waals surface area contributed by atoms with Gasteiger partial charge in [-0.2, -0.15) is 0 Å². The third-order valence-corrected chi connectivity index (χ3v) is 5.28. The summed E-state index contributed by atoms with van der Waals surface area (Å²) in [6, 6.07) is 13.9. The van der Waals surface area contributed by atoms with E-state index in [-0.39, 0.29) is 6.04 Å². The molecular weight excluding hydrogens is 372 g/mol. The molecule has 0 saturated carbocycles. The van der Waals surface area contributed by atoms with Gasteiger partial charge in [-0.05, 0) is 48.1 Å². The third kappa shape index (κ3) is 3.41. The van der Waals surface area contributed by atoms with Crippen molar-refractivity contribution in [1.82, 2.24) is 14.5 Å². The molecule has 6 nitrogen and oxygen atoms in total. The summed E-state index contributed by atoms with van der Waals surface area (Å²) in [7, 11) is 3.28. The minimum Gasteiger partial charge on any atom is -0.497 e. The number of aromatic nitrogens is 2. The van der Waals surface area contributed by atoms with Gasteiger partial charge in [0, 0.05) is 43.4 Å². The largest absolute Gasteiger partial charge is 0.497 e. The molecule has 0 saturated heterocycles. The number of thiocarbonyl (C=S) groups is 1. The van der Waals surface area contributed by atoms with E-state index in [1.54, 1.807) is 20.4 Å². The Morgan fingerprint density at radius 2 is 2.04 bits per heavy atom. The minimum absolute atomic E-state index is 0.00551. The van der Waals surface area contributed by atoms with Gasteiger partial charge in [-0.15, -0.1) is 0 Å². The van der Waals surface area contributed by atoms with E-state index >= 15 is 0 Å². The molecule has 1 aliphatic heterocycles. The van der Waals surface area contributed by atoms with Crippen molar-refractivity contribution in [2.24, 2.45) is 0 Å². The lowest BCUT2D eigenvalue weighted by molar-refractivity contribution is 0.293. The summed E-state index contributed by atoms with van der Waals surface area (Å²) in [5, 5.41) is 3.98. The Hall–Kier alpha value is -3.06. The van der Waals surface area contributed by atoms with E-state index in [9.17, 15) is 0 Å². The first-order valence-electron chi connectivity index (χ1n) is 9.06. The molecule has 2 aromatic heterocycles. The number of rotatable bonds is 4. The highest BCUT2D eigenvalue weighted by atomic mass is 32.1. The molecule has 0 aliphatic carbocycles. The predicted octanol–water partition coefficient (Wildman–Crippen LogP) is 3.70. The summed E-state index contributed by atoms with van der Waals surface area (Å²) < 4.78 is 13.1. The van der Waals surface area contributed by atoms with Crippen LogP contribution in [0.3, 0.4) is 0 Å². The molecule has 0 fully saturated rings. The number of nitrogens with zero attached hydrogens (tertiary/aromatic N) is 3. The fraction of sp³-hybridized carbons (Fsp3) is 0.238. The third-order valence-electron chi connectivity index (χ3n) is 4.95. The molecule has 7 heteroatoms. The molecule has 4 rings (SSSR count). The van der Waals surface area contributed by atoms with E-state index in [1.807, 2.05) is 30.5 Å². The van der Waals surface area contributed by atoms with Crippen LogP contribution in [0.1, 0.15) is 17.3 Å². The normalized spacial score (nSPS) is 15.6. The maximum Gasteiger partial charge on any atom is 0.174 e. The molecule has 3 aromatic rings. The molecule has 144 valence electrons. The second-order valence-electron chi connectivity index (χ2n) is 6.51. The van der Waals surface area contributed by atoms with Gasteiger partial charge in [0.25, 0.3) is 0 Å². The fourth-order valence-electron chi connectivity index (χ4n) is 3.59. The molecule has 28 heavy (non-hydrogen) atoms. The first-order chi connectivity index (χ1) is 13.7. The molecule has 0 radical (unpaired) electrons. The van der Waals surface area contributed by atoms with Crippen LogP contribution in [-0.4, -0.2) is 40.3 Å². The van der Waals surface area contributed by atoms with E-state index < -0.39 is 0 Å². The van der Waals surface area contributed by atoms with Crippen molar-refractivity contribution in [3.63, 3.8) is 0 Å². The lowest BCUT2D eigenvalue weighted by atomic mass is 10.0. The lowest BCUT2D eigenvalue weighted by Gasteiger charge is -2.39. The number of hydrogen-bond acceptors (Lipinski definition) is 4. The van der Waals surface area contributed by atoms with Gasteiger partial charge in [0.15, 0.2) is 5.11 Å². The summed E-state index contributed by atoms with van der Waals surface area (Å²) in [5.41, 5.74) is 3.07. The van der Waals surface area contributed by atoms with E-state index in [0.29, 0.717) is 10.9 Å². The first kappa shape index (κ1) is 18.3. The van der Waals surface area contributed by atoms with Crippen molar-refractivity contribution >= 4 is 23.0 Å². The fourth-order valence-corrected chi connectivity index (χ4v) is 3.90. The smallest absolute Gasteiger partial charge is 0.174 e. The van der Waals surface area contributed by atoms with E-state index in [1.165, 1.54) is 5.69 Å². The Morgan fingerprint density at radius 3 is 2.79 bits per heavy atom. The number of ether oxygens (including phenoxy) is 2. The van der Waals surface area contributed by atoms with Crippen LogP contribution in [0, 0.1) is 0 Å². The van der Waals surface area contributed by atoms with Crippen molar-refractivity contribution < 1.29 is 9.47 Å². The molecule has 1 aliphatic rings. The predicted molar refractivity (Wildman–Crippen MR) is 113 cm³/mol. The van der Waals surface area contributed by atoms with Gasteiger partial charge < -0.3 is 24.3 Å². The highest BCUT2D eigenvalue weighted by Gasteiger charge is 2.31. The van der Waals surface area contributed by atoms with Crippen molar-refractivity contribution in [3.8, 4) is 11.5 Å². The molecule has 0 amide bonds. The number of anilines is 1. The zero-order valence-electron chi connectivity index (χ0n) is 15.8. The molecule has 1 aromatic carbocycles. The second kappa shape index (κ2) is 7.90. The molecule has 3 heterocycles. The topological polar surface area (TPSA) is 51.6 Å². The zero-order chi connectivity index (χ0) is 19.5. The number of methoxy groups -OCH3 is 2. The maximum absolute atomic E-state index is 5.81. The van der Waals surface area contributed by atoms with Crippen LogP contribution < -0.4 is 14.8 Å². The highest BCUT2D eigenvalue weighted by molar-refractivity contribution is 7.80. The maximum atomic E-state index is 5.81. The summed E-state index contributed by atoms with van der Waals surface area (Å²) in [4.78, 5) is 6.50. The number of hydrogen-bond donors (Lipinski definition) is 1. The summed E-state index contributed by atoms with van der Waals surface area (Å²) in [5.74, 6) is 1.45. The molecule has 1 unspecified atom stereocenters. The molecular formula is C21H22N4O2S. The van der Waals surface area contributed by atoms with Crippen LogP contribution in [0.4, 0.5) is 5.69 Å². The van der Waals surface area contributed by atoms with E-state index in [0.717, 1.165) is 30.1 Å². The minimum atomic E-state index is -0.00551. The van der Waals surface area contributed by atoms with E-state index in [2.05, 4.69) is 44.2 Å². The number of benzene rings is 1. The Labute approximate surface area is 169 Å². The van der Waals surface area contributed by atoms with Crippen LogP contribution in [0.2, 0.25) is 0 Å². The van der Waals surface area contributed by atoms with E-state index in [4.69, 9.17) is 21.7 Å². The zero-order valence-corrected chi connectivity index (χ0v) is 16.6. The Kier molecular flexibility index (Phi) is 5.16. The quantitative estimate of drug-likeness (QED) is 0.681. The van der Waals surface area contributed by atoms with Crippen molar-refractivity contribution in [1.29, 1.82) is 0 Å². The SMILES string of the molecule is COc1ccc(OC)c(NC(=S)N2CCn3cccc3C2c2cccnc2)c1. The van der Waals surface area contributed by atoms with Crippen LogP contribution in [0.5, 0.6) is 11.5 Å². The lowest BCUT2D eigenvalue weighted by Crippen LogP contribution is -2.44. The Balaban J connectivity index is 1.67. The molecule has 1 atom stereocenters. The van der Waals surface area contributed by atoms with Crippen molar-refractivity contribution in [2.45, 2.75) is 12.6 Å². The summed E-state index contributed by atoms with van der Waals surface area (Å²) in [6.45, 7) is 1.66. The van der Waals surface area contributed by atoms with Gasteiger partial charge in [-0.25, -0.2) is 0 Å². The van der Waals surface area contributed by atoms with Gasteiger partial charge in [0.2, 0.25) is 0 Å². The summed E-state index contributed by atoms with van der Waals surface area (Å²) in [6.07, 6.45) is 5.79. The monoisotopic (exact) mass is 394 g/mol. The van der Waals surface area contributed by atoms with Crippen LogP contribution in [-0.2, 0) is 6.54 Å². The average molecular weight is 395 g/mol. The van der Waals surface area contributed by atoms with Crippen molar-refractivity contribution in [2.75, 3.05) is 26.1 Å². The van der Waals surface area contributed by atoms with Gasteiger partial charge in [0.1, 0.15) is 11.5 Å². The van der Waals surface area contributed by atoms with Crippen LogP contribution in [0.15, 0.2) is 61.1 Å². The second-order valence-corrected chi connectivity index (χ2v) is 6.89. The van der Waals surface area contributed by atoms with Gasteiger partial charge >= 0.3 is 0 Å². The van der Waals surface area contributed by atoms with Gasteiger partial charge in [0.05, 0.1) is 25.9 Å². The Bertz CT molecular complexity index is 974. The molecule has 1 N–H and O–H groups in total. The standard InChI is InChI=1S/C21H22N4O2S/c1-26-16-7-8-19(27-2)17(13-16)23-21(28)25-12-11-24-10-4-6-18(24)20(25)15-5-3-9-22-14-15/h3-10,13-14,20H,11-12H2,1-2H3,(H,23,28). The molecule has 0 bridgehead atoms. The van der Waals surface area contributed by atoms with Crippen LogP contribution in [0.25, 0.3) is 0 Å². The summed E-state index contributed by atoms with van der Waals surface area (Å²) >= 11 is 5.81. The van der Waals surface area contributed by atoms with Gasteiger partial charge in [-0.3, -0.25) is 4.98 Å². The number of nitrogens with one attached hydrogen (secondary N) is 1. The number of fused-ring (bicyclic) bond motifs is 1.